The molecule has 0 spiro atoms. The molecule has 2 aliphatic heterocycles. The summed E-state index contributed by atoms with van der Waals surface area (Å²) in [6.07, 6.45) is 10.4. The number of alkyl carbamates (subject to hydrolysis) is 1. The molecule has 6 rings (SSSR count). The fraction of sp³-hybridized carbons (Fsp3) is 0.844. The average Bonchev–Trinajstić information content (AvgIpc) is 3.65. The molecule has 2 amide bonds. The SMILES string of the molecule is C[C@@H]1CCC23CCC(=O)C2[C@]1(C)[C@H](OC(=O)NC(=O)[C@H]1CN2CC[C@H]1C2)C[C@@](C)(C1C=CCCC1)[C@@H](O)[C@@H]3C. The van der Waals surface area contributed by atoms with Gasteiger partial charge in [0.05, 0.1) is 12.0 Å². The number of amides is 2. The number of nitrogens with zero attached hydrogens (tertiary/aromatic N) is 1. The molecule has 7 nitrogen and oxygen atoms in total. The highest BCUT2D eigenvalue weighted by molar-refractivity contribution is 5.93. The van der Waals surface area contributed by atoms with Crippen LogP contribution in [0.15, 0.2) is 12.2 Å². The normalized spacial score (nSPS) is 50.7. The summed E-state index contributed by atoms with van der Waals surface area (Å²) < 4.78 is 6.35. The zero-order valence-electron chi connectivity index (χ0n) is 24.3. The number of carbonyl (C=O) groups is 3. The summed E-state index contributed by atoms with van der Waals surface area (Å²) in [4.78, 5) is 42.6. The zero-order chi connectivity index (χ0) is 27.7. The van der Waals surface area contributed by atoms with E-state index in [1.54, 1.807) is 0 Å². The number of aliphatic hydroxyl groups is 1. The van der Waals surface area contributed by atoms with Gasteiger partial charge in [0.15, 0.2) is 0 Å². The molecule has 39 heavy (non-hydrogen) atoms. The standard InChI is InChI=1S/C32H48N2O5/c1-19-10-13-32-14-11-24(35)26(32)31(19,4)25(16-30(3,27(36)20(32)2)22-8-6-5-7-9-22)39-29(38)33-28(37)23-18-34-15-12-21(23)17-34/h6,8,19-23,25-27,36H,5,7,9-18H2,1-4H3,(H,33,37,38)/t19-,20+,21+,22?,23+,25-,26?,27+,30+,31+,32?/m1/s1. The Kier molecular flexibility index (Phi) is 6.81. The van der Waals surface area contributed by atoms with Crippen molar-refractivity contribution in [3.05, 3.63) is 12.2 Å². The summed E-state index contributed by atoms with van der Waals surface area (Å²) >= 11 is 0. The lowest BCUT2D eigenvalue weighted by molar-refractivity contribution is -0.204. The average molecular weight is 541 g/mol. The third-order valence-electron chi connectivity index (χ3n) is 13.1. The molecule has 2 heterocycles. The minimum atomic E-state index is -0.692. The molecule has 2 saturated heterocycles. The summed E-state index contributed by atoms with van der Waals surface area (Å²) in [6, 6.07) is 0. The van der Waals surface area contributed by atoms with E-state index >= 15 is 0 Å². The molecule has 2 N–H and O–H groups in total. The number of piperidine rings is 1. The van der Waals surface area contributed by atoms with Crippen LogP contribution < -0.4 is 5.32 Å². The van der Waals surface area contributed by atoms with E-state index in [1.165, 1.54) is 0 Å². The number of hydrogen-bond donors (Lipinski definition) is 2. The van der Waals surface area contributed by atoms with Gasteiger partial charge in [-0.25, -0.2) is 4.79 Å². The summed E-state index contributed by atoms with van der Waals surface area (Å²) in [5.74, 6) is 0.234. The zero-order valence-corrected chi connectivity index (χ0v) is 24.3. The number of imide groups is 1. The van der Waals surface area contributed by atoms with E-state index in [4.69, 9.17) is 4.74 Å². The lowest BCUT2D eigenvalue weighted by atomic mass is 9.43. The number of aliphatic hydroxyl groups excluding tert-OH is 1. The van der Waals surface area contributed by atoms with Crippen LogP contribution in [0.25, 0.3) is 0 Å². The van der Waals surface area contributed by atoms with Crippen LogP contribution in [0.3, 0.4) is 0 Å². The highest BCUT2D eigenvalue weighted by atomic mass is 16.6. The van der Waals surface area contributed by atoms with Gasteiger partial charge in [-0.3, -0.25) is 14.9 Å². The Morgan fingerprint density at radius 1 is 1.13 bits per heavy atom. The maximum Gasteiger partial charge on any atom is 0.414 e. The Morgan fingerprint density at radius 3 is 2.59 bits per heavy atom. The van der Waals surface area contributed by atoms with E-state index < -0.39 is 29.1 Å². The van der Waals surface area contributed by atoms with E-state index in [1.807, 2.05) is 0 Å². The van der Waals surface area contributed by atoms with Crippen molar-refractivity contribution in [1.29, 1.82) is 0 Å². The highest BCUT2D eigenvalue weighted by Gasteiger charge is 2.69. The van der Waals surface area contributed by atoms with Crippen LogP contribution in [-0.4, -0.2) is 59.6 Å². The van der Waals surface area contributed by atoms with Crippen LogP contribution in [0.4, 0.5) is 4.79 Å². The van der Waals surface area contributed by atoms with E-state index in [0.717, 1.165) is 58.0 Å². The van der Waals surface area contributed by atoms with E-state index in [-0.39, 0.29) is 46.7 Å². The Hall–Kier alpha value is -1.73. The number of Topliss-reactive ketones (excluding diaryl/α,β-unsaturated/α-hetero) is 1. The Labute approximate surface area is 233 Å². The van der Waals surface area contributed by atoms with Gasteiger partial charge in [-0.2, -0.15) is 0 Å². The molecule has 7 heteroatoms. The third-order valence-corrected chi connectivity index (χ3v) is 13.1. The Balaban J connectivity index is 1.35. The van der Waals surface area contributed by atoms with Crippen LogP contribution in [0.1, 0.15) is 85.5 Å². The summed E-state index contributed by atoms with van der Waals surface area (Å²) in [7, 11) is 0. The van der Waals surface area contributed by atoms with Gasteiger partial charge in [0.2, 0.25) is 5.91 Å². The maximum atomic E-state index is 13.7. The first kappa shape index (κ1) is 27.4. The molecule has 12 atom stereocenters. The van der Waals surface area contributed by atoms with Crippen LogP contribution >= 0.6 is 0 Å². The minimum absolute atomic E-state index is 0.0229. The molecule has 6 aliphatic rings. The lowest BCUT2D eigenvalue weighted by Gasteiger charge is -2.63. The topological polar surface area (TPSA) is 95.9 Å². The van der Waals surface area contributed by atoms with Gasteiger partial charge in [0, 0.05) is 36.3 Å². The Morgan fingerprint density at radius 2 is 1.92 bits per heavy atom. The molecule has 4 bridgehead atoms. The summed E-state index contributed by atoms with van der Waals surface area (Å²) in [5, 5.41) is 14.8. The van der Waals surface area contributed by atoms with Crippen LogP contribution in [0.2, 0.25) is 0 Å². The number of fused-ring (bicyclic) bond motifs is 2. The van der Waals surface area contributed by atoms with Gasteiger partial charge >= 0.3 is 6.09 Å². The van der Waals surface area contributed by atoms with Gasteiger partial charge in [-0.1, -0.05) is 39.8 Å². The highest BCUT2D eigenvalue weighted by Crippen LogP contribution is 2.68. The third kappa shape index (κ3) is 4.07. The van der Waals surface area contributed by atoms with Crippen molar-refractivity contribution in [1.82, 2.24) is 10.2 Å². The molecule has 0 radical (unpaired) electrons. The first-order valence-electron chi connectivity index (χ1n) is 15.6. The van der Waals surface area contributed by atoms with Gasteiger partial charge in [0.1, 0.15) is 11.9 Å². The number of ether oxygens (including phenoxy) is 1. The molecular formula is C32H48N2O5. The molecule has 5 fully saturated rings. The predicted molar refractivity (Wildman–Crippen MR) is 147 cm³/mol. The van der Waals surface area contributed by atoms with Crippen molar-refractivity contribution in [3.63, 3.8) is 0 Å². The number of allylic oxidation sites excluding steroid dienone is 2. The molecule has 3 saturated carbocycles. The first-order chi connectivity index (χ1) is 18.5. The van der Waals surface area contributed by atoms with Gasteiger partial charge in [0.25, 0.3) is 0 Å². The number of rotatable bonds is 3. The lowest BCUT2D eigenvalue weighted by Crippen LogP contribution is -2.64. The number of carbonyl (C=O) groups excluding carboxylic acids is 3. The largest absolute Gasteiger partial charge is 0.445 e. The summed E-state index contributed by atoms with van der Waals surface area (Å²) in [6.45, 7) is 11.4. The predicted octanol–water partition coefficient (Wildman–Crippen LogP) is 4.72. The maximum absolute atomic E-state index is 13.7. The van der Waals surface area contributed by atoms with Crippen molar-refractivity contribution in [2.45, 2.75) is 97.7 Å². The molecule has 0 aromatic heterocycles. The molecule has 0 aromatic rings. The van der Waals surface area contributed by atoms with Crippen LogP contribution in [0.5, 0.6) is 0 Å². The van der Waals surface area contributed by atoms with Gasteiger partial charge in [-0.15, -0.1) is 0 Å². The Bertz CT molecular complexity index is 1060. The van der Waals surface area contributed by atoms with Gasteiger partial charge in [-0.05, 0) is 87.0 Å². The van der Waals surface area contributed by atoms with Crippen molar-refractivity contribution in [2.24, 2.45) is 51.8 Å². The molecule has 4 aliphatic carbocycles. The molecular weight excluding hydrogens is 492 g/mol. The number of nitrogens with one attached hydrogen (secondary N) is 1. The molecule has 0 aromatic carbocycles. The minimum Gasteiger partial charge on any atom is -0.445 e. The van der Waals surface area contributed by atoms with E-state index in [9.17, 15) is 19.5 Å². The second-order valence-corrected chi connectivity index (χ2v) is 14.6. The van der Waals surface area contributed by atoms with Crippen LogP contribution in [0, 0.1) is 51.8 Å². The van der Waals surface area contributed by atoms with Crippen molar-refractivity contribution >= 4 is 17.8 Å². The fourth-order valence-electron chi connectivity index (χ4n) is 10.5. The fourth-order valence-corrected chi connectivity index (χ4v) is 10.5. The van der Waals surface area contributed by atoms with E-state index in [2.05, 4.69) is 50.1 Å². The monoisotopic (exact) mass is 540 g/mol. The number of ketones is 1. The number of hydrogen-bond acceptors (Lipinski definition) is 6. The van der Waals surface area contributed by atoms with Crippen molar-refractivity contribution < 1.29 is 24.2 Å². The quantitative estimate of drug-likeness (QED) is 0.503. The molecule has 4 unspecified atom stereocenters. The molecule has 216 valence electrons. The summed E-state index contributed by atoms with van der Waals surface area (Å²) in [5.41, 5.74) is -1.35. The van der Waals surface area contributed by atoms with Gasteiger partial charge < -0.3 is 14.7 Å². The smallest absolute Gasteiger partial charge is 0.414 e. The van der Waals surface area contributed by atoms with E-state index in [0.29, 0.717) is 25.3 Å². The van der Waals surface area contributed by atoms with Crippen molar-refractivity contribution in [2.75, 3.05) is 19.6 Å². The first-order valence-corrected chi connectivity index (χ1v) is 15.6. The second-order valence-electron chi connectivity index (χ2n) is 14.6. The van der Waals surface area contributed by atoms with Crippen LogP contribution in [-0.2, 0) is 14.3 Å². The second kappa shape index (κ2) is 9.68. The van der Waals surface area contributed by atoms with Crippen molar-refractivity contribution in [3.8, 4) is 0 Å².